The Morgan fingerprint density at radius 3 is 2.37 bits per heavy atom. The Bertz CT molecular complexity index is 965. The van der Waals surface area contributed by atoms with Crippen LogP contribution < -0.4 is 5.32 Å². The number of rotatable bonds is 4. The number of benzene rings is 2. The molecule has 2 N–H and O–H groups in total. The van der Waals surface area contributed by atoms with Gasteiger partial charge >= 0.3 is 0 Å². The van der Waals surface area contributed by atoms with Gasteiger partial charge in [-0.15, -0.1) is 0 Å². The van der Waals surface area contributed by atoms with Gasteiger partial charge in [-0.3, -0.25) is 4.79 Å². The lowest BCUT2D eigenvalue weighted by molar-refractivity contribution is -0.626. The summed E-state index contributed by atoms with van der Waals surface area (Å²) in [5, 5.41) is 13.5. The molecular formula is C24H29NO5. The first kappa shape index (κ1) is 20.8. The maximum atomic E-state index is 12.3. The highest BCUT2D eigenvalue weighted by Crippen LogP contribution is 2.69. The van der Waals surface area contributed by atoms with E-state index in [0.717, 1.165) is 0 Å². The fraction of sp³-hybridized carbons (Fsp3) is 0.458. The van der Waals surface area contributed by atoms with E-state index in [1.54, 1.807) is 24.3 Å². The van der Waals surface area contributed by atoms with Crippen LogP contribution in [0.15, 0.2) is 48.5 Å². The second kappa shape index (κ2) is 6.80. The van der Waals surface area contributed by atoms with Crippen molar-refractivity contribution in [1.82, 2.24) is 5.32 Å². The van der Waals surface area contributed by atoms with Gasteiger partial charge in [-0.25, -0.2) is 4.89 Å². The predicted molar refractivity (Wildman–Crippen MR) is 111 cm³/mol. The van der Waals surface area contributed by atoms with Gasteiger partial charge in [0, 0.05) is 34.1 Å². The zero-order valence-corrected chi connectivity index (χ0v) is 18.1. The summed E-state index contributed by atoms with van der Waals surface area (Å²) in [6.07, 6.45) is 0. The molecule has 2 aliphatic heterocycles. The number of ether oxygens (including phenoxy) is 1. The number of phenolic OH excluding ortho intramolecular Hbond substituents is 1. The average molecular weight is 411 g/mol. The topological polar surface area (TPSA) is 77.0 Å². The van der Waals surface area contributed by atoms with Crippen molar-refractivity contribution in [3.8, 4) is 5.75 Å². The van der Waals surface area contributed by atoms with Crippen LogP contribution in [0, 0.1) is 10.8 Å². The van der Waals surface area contributed by atoms with Crippen LogP contribution in [0.2, 0.25) is 0 Å². The van der Waals surface area contributed by atoms with Gasteiger partial charge in [-0.2, -0.15) is 4.89 Å². The predicted octanol–water partition coefficient (Wildman–Crippen LogP) is 4.28. The van der Waals surface area contributed by atoms with Crippen LogP contribution in [-0.2, 0) is 26.8 Å². The fourth-order valence-corrected chi connectivity index (χ4v) is 5.02. The van der Waals surface area contributed by atoms with Crippen LogP contribution >= 0.6 is 0 Å². The van der Waals surface area contributed by atoms with Crippen molar-refractivity contribution in [3.05, 3.63) is 65.2 Å². The monoisotopic (exact) mass is 411 g/mol. The molecule has 2 atom stereocenters. The smallest absolute Gasteiger partial charge is 0.261 e. The molecule has 0 aliphatic carbocycles. The summed E-state index contributed by atoms with van der Waals surface area (Å²) in [7, 11) is 0. The largest absolute Gasteiger partial charge is 0.508 e. The molecule has 0 radical (unpaired) electrons. The number of hydrogen-bond acceptors (Lipinski definition) is 5. The number of carbonyl (C=O) groups excluding carboxylic acids is 1. The molecular weight excluding hydrogens is 382 g/mol. The maximum absolute atomic E-state index is 12.3. The van der Waals surface area contributed by atoms with Crippen LogP contribution in [0.1, 0.15) is 56.1 Å². The molecule has 2 fully saturated rings. The van der Waals surface area contributed by atoms with Gasteiger partial charge in [0.2, 0.25) is 0 Å². The molecule has 2 aliphatic rings. The quantitative estimate of drug-likeness (QED) is 0.735. The Labute approximate surface area is 177 Å². The zero-order chi connectivity index (χ0) is 21.8. The Hall–Kier alpha value is -2.41. The number of hydrogen-bond donors (Lipinski definition) is 2. The van der Waals surface area contributed by atoms with Crippen molar-refractivity contribution in [2.75, 3.05) is 6.61 Å². The van der Waals surface area contributed by atoms with Crippen LogP contribution in [0.5, 0.6) is 5.75 Å². The molecule has 0 spiro atoms. The molecule has 2 saturated heterocycles. The van der Waals surface area contributed by atoms with Crippen LogP contribution in [0.25, 0.3) is 0 Å². The van der Waals surface area contributed by atoms with E-state index in [-0.39, 0.29) is 29.0 Å². The molecule has 6 nitrogen and oxygen atoms in total. The summed E-state index contributed by atoms with van der Waals surface area (Å²) in [5.74, 6) is -1.21. The summed E-state index contributed by atoms with van der Waals surface area (Å²) in [5.41, 5.74) is 0.611. The van der Waals surface area contributed by atoms with Gasteiger partial charge in [-0.1, -0.05) is 65.0 Å². The van der Waals surface area contributed by atoms with Crippen LogP contribution in [0.4, 0.5) is 0 Å². The van der Waals surface area contributed by atoms with E-state index < -0.39 is 11.4 Å². The third kappa shape index (κ3) is 2.78. The number of nitrogens with one attached hydrogen (secondary N) is 1. The summed E-state index contributed by atoms with van der Waals surface area (Å²) >= 11 is 0. The zero-order valence-electron chi connectivity index (χ0n) is 18.1. The summed E-state index contributed by atoms with van der Waals surface area (Å²) in [4.78, 5) is 23.7. The van der Waals surface area contributed by atoms with E-state index in [0.29, 0.717) is 23.3 Å². The molecule has 160 valence electrons. The first-order valence-corrected chi connectivity index (χ1v) is 10.2. The van der Waals surface area contributed by atoms with Gasteiger partial charge in [0.15, 0.2) is 5.60 Å². The van der Waals surface area contributed by atoms with E-state index in [9.17, 15) is 9.90 Å². The first-order valence-electron chi connectivity index (χ1n) is 10.2. The normalized spacial score (nSPS) is 27.2. The Morgan fingerprint density at radius 2 is 1.80 bits per heavy atom. The van der Waals surface area contributed by atoms with Crippen molar-refractivity contribution in [2.24, 2.45) is 10.8 Å². The molecule has 2 aromatic rings. The van der Waals surface area contributed by atoms with E-state index >= 15 is 0 Å². The number of amides is 1. The second-order valence-corrected chi connectivity index (χ2v) is 9.78. The molecule has 2 aromatic carbocycles. The lowest BCUT2D eigenvalue weighted by atomic mass is 9.57. The lowest BCUT2D eigenvalue weighted by Crippen LogP contribution is -2.73. The summed E-state index contributed by atoms with van der Waals surface area (Å²) in [6.45, 7) is 11.2. The Balaban J connectivity index is 1.59. The maximum Gasteiger partial charge on any atom is 0.261 e. The molecule has 0 saturated carbocycles. The Morgan fingerprint density at radius 1 is 1.10 bits per heavy atom. The highest BCUT2D eigenvalue weighted by molar-refractivity contribution is 5.94. The van der Waals surface area contributed by atoms with E-state index in [1.807, 2.05) is 24.3 Å². The minimum Gasteiger partial charge on any atom is -0.508 e. The van der Waals surface area contributed by atoms with Crippen molar-refractivity contribution in [2.45, 2.75) is 52.6 Å². The number of phenols is 1. The van der Waals surface area contributed by atoms with Crippen LogP contribution in [0.3, 0.4) is 0 Å². The minimum absolute atomic E-state index is 0.0712. The molecule has 30 heavy (non-hydrogen) atoms. The van der Waals surface area contributed by atoms with Crippen molar-refractivity contribution in [3.63, 3.8) is 0 Å². The van der Waals surface area contributed by atoms with E-state index in [4.69, 9.17) is 14.5 Å². The van der Waals surface area contributed by atoms with Crippen molar-refractivity contribution in [1.29, 1.82) is 0 Å². The second-order valence-electron chi connectivity index (χ2n) is 9.78. The lowest BCUT2D eigenvalue weighted by Gasteiger charge is -2.61. The third-order valence-corrected chi connectivity index (χ3v) is 6.33. The molecule has 2 heterocycles. The van der Waals surface area contributed by atoms with Gasteiger partial charge in [0.1, 0.15) is 5.75 Å². The van der Waals surface area contributed by atoms with Crippen molar-refractivity contribution >= 4 is 5.91 Å². The highest BCUT2D eigenvalue weighted by atomic mass is 17.3. The SMILES string of the molecule is CC(C)(C)C12OOC1(c1ccc(CNC(=O)c3ccccc3)c(O)c1)OCC2(C)C. The van der Waals surface area contributed by atoms with Crippen molar-refractivity contribution < 1.29 is 24.4 Å². The van der Waals surface area contributed by atoms with Gasteiger partial charge in [0.05, 0.1) is 6.61 Å². The van der Waals surface area contributed by atoms with Gasteiger partial charge in [0.25, 0.3) is 11.7 Å². The molecule has 4 rings (SSSR count). The molecule has 0 bridgehead atoms. The molecule has 0 aromatic heterocycles. The number of fused-ring (bicyclic) bond motifs is 1. The standard InChI is InChI=1S/C24H29NO5/c1-21(2,3)24-22(4,5)15-28-23(24,29-30-24)18-12-11-17(19(26)13-18)14-25-20(27)16-9-7-6-8-10-16/h6-13,26H,14-15H2,1-5H3,(H,25,27). The third-order valence-electron chi connectivity index (χ3n) is 6.33. The minimum atomic E-state index is -1.09. The van der Waals surface area contributed by atoms with Gasteiger partial charge < -0.3 is 15.2 Å². The number of aromatic hydroxyl groups is 1. The number of carbonyl (C=O) groups is 1. The van der Waals surface area contributed by atoms with Crippen LogP contribution in [-0.4, -0.2) is 23.2 Å². The highest BCUT2D eigenvalue weighted by Gasteiger charge is 2.81. The first-order chi connectivity index (χ1) is 14.0. The average Bonchev–Trinajstić information content (AvgIpc) is 2.82. The molecule has 1 amide bonds. The van der Waals surface area contributed by atoms with E-state index in [2.05, 4.69) is 39.9 Å². The summed E-state index contributed by atoms with van der Waals surface area (Å²) in [6, 6.07) is 14.3. The molecule has 6 heteroatoms. The molecule has 2 unspecified atom stereocenters. The van der Waals surface area contributed by atoms with E-state index in [1.165, 1.54) is 0 Å². The Kier molecular flexibility index (Phi) is 4.73. The fourth-order valence-electron chi connectivity index (χ4n) is 5.02. The van der Waals surface area contributed by atoms with Gasteiger partial charge in [-0.05, 0) is 18.2 Å². The summed E-state index contributed by atoms with van der Waals surface area (Å²) < 4.78 is 6.19.